The molecular weight excluding hydrogens is 298 g/mol. The molecule has 1 aromatic heterocycles. The van der Waals surface area contributed by atoms with Gasteiger partial charge in [0.2, 0.25) is 11.7 Å². The Hall–Kier alpha value is -2.62. The van der Waals surface area contributed by atoms with Crippen molar-refractivity contribution < 1.29 is 4.52 Å². The molecule has 1 aliphatic rings. The second-order valence-corrected chi connectivity index (χ2v) is 6.22. The summed E-state index contributed by atoms with van der Waals surface area (Å²) in [6.07, 6.45) is 3.34. The molecule has 0 bridgehead atoms. The third-order valence-corrected chi connectivity index (χ3v) is 4.62. The summed E-state index contributed by atoms with van der Waals surface area (Å²) in [6.45, 7) is 3.84. The second-order valence-electron chi connectivity index (χ2n) is 6.22. The van der Waals surface area contributed by atoms with Crippen molar-refractivity contribution in [1.82, 2.24) is 10.1 Å². The molecule has 2 aromatic carbocycles. The first kappa shape index (κ1) is 14.9. The van der Waals surface area contributed by atoms with Gasteiger partial charge in [-0.3, -0.25) is 0 Å². The molecule has 122 valence electrons. The van der Waals surface area contributed by atoms with Crippen LogP contribution < -0.4 is 4.90 Å². The Bertz CT molecular complexity index is 823. The molecule has 4 rings (SSSR count). The molecule has 0 spiro atoms. The summed E-state index contributed by atoms with van der Waals surface area (Å²) < 4.78 is 5.49. The van der Waals surface area contributed by atoms with Gasteiger partial charge in [-0.25, -0.2) is 0 Å². The molecule has 0 aliphatic carbocycles. The van der Waals surface area contributed by atoms with Crippen LogP contribution in [-0.2, 0) is 19.4 Å². The Labute approximate surface area is 142 Å². The van der Waals surface area contributed by atoms with Crippen LogP contribution in [0.25, 0.3) is 11.4 Å². The molecule has 0 fully saturated rings. The summed E-state index contributed by atoms with van der Waals surface area (Å²) in [5, 5.41) is 4.15. The lowest BCUT2D eigenvalue weighted by molar-refractivity contribution is 0.375. The fourth-order valence-electron chi connectivity index (χ4n) is 3.26. The van der Waals surface area contributed by atoms with Crippen molar-refractivity contribution in [2.75, 3.05) is 11.4 Å². The zero-order valence-corrected chi connectivity index (χ0v) is 13.9. The van der Waals surface area contributed by atoms with E-state index in [9.17, 15) is 0 Å². The van der Waals surface area contributed by atoms with Crippen molar-refractivity contribution in [1.29, 1.82) is 0 Å². The molecule has 2 heterocycles. The van der Waals surface area contributed by atoms with Crippen molar-refractivity contribution in [2.24, 2.45) is 0 Å². The van der Waals surface area contributed by atoms with Crippen LogP contribution in [0.2, 0.25) is 0 Å². The van der Waals surface area contributed by atoms with Gasteiger partial charge in [-0.2, -0.15) is 4.98 Å². The van der Waals surface area contributed by atoms with Gasteiger partial charge in [0.25, 0.3) is 0 Å². The van der Waals surface area contributed by atoms with Crippen molar-refractivity contribution >= 4 is 5.69 Å². The zero-order chi connectivity index (χ0) is 16.4. The maximum Gasteiger partial charge on any atom is 0.246 e. The summed E-state index contributed by atoms with van der Waals surface area (Å²) >= 11 is 0. The predicted molar refractivity (Wildman–Crippen MR) is 94.9 cm³/mol. The largest absolute Gasteiger partial charge is 0.362 e. The van der Waals surface area contributed by atoms with Gasteiger partial charge in [0.15, 0.2) is 0 Å². The highest BCUT2D eigenvalue weighted by atomic mass is 16.5. The van der Waals surface area contributed by atoms with E-state index in [1.807, 2.05) is 0 Å². The normalized spacial score (nSPS) is 13.8. The first-order valence-electron chi connectivity index (χ1n) is 8.58. The molecule has 0 saturated heterocycles. The summed E-state index contributed by atoms with van der Waals surface area (Å²) in [5.74, 6) is 1.33. The van der Waals surface area contributed by atoms with E-state index >= 15 is 0 Å². The van der Waals surface area contributed by atoms with Gasteiger partial charge in [0.1, 0.15) is 0 Å². The van der Waals surface area contributed by atoms with Gasteiger partial charge in [0, 0.05) is 17.8 Å². The number of hydrogen-bond acceptors (Lipinski definition) is 4. The number of rotatable bonds is 4. The first-order valence-corrected chi connectivity index (χ1v) is 8.58. The van der Waals surface area contributed by atoms with Crippen LogP contribution in [0, 0.1) is 0 Å². The molecule has 3 aromatic rings. The third kappa shape index (κ3) is 2.92. The minimum Gasteiger partial charge on any atom is -0.362 e. The second kappa shape index (κ2) is 6.48. The Kier molecular flexibility index (Phi) is 4.03. The van der Waals surface area contributed by atoms with Gasteiger partial charge in [-0.15, -0.1) is 0 Å². The smallest absolute Gasteiger partial charge is 0.246 e. The Morgan fingerprint density at radius 2 is 1.92 bits per heavy atom. The molecule has 0 N–H and O–H groups in total. The number of anilines is 1. The maximum atomic E-state index is 5.49. The van der Waals surface area contributed by atoms with E-state index in [0.717, 1.165) is 31.4 Å². The lowest BCUT2D eigenvalue weighted by Crippen LogP contribution is -2.28. The standard InChI is InChI=1S/C20H21N3O/c1-2-15-9-11-17(12-10-15)20-21-19(24-22-20)14-23-13-5-7-16-6-3-4-8-18(16)23/h3-4,6,8-12H,2,5,7,13-14H2,1H3. The fourth-order valence-corrected chi connectivity index (χ4v) is 3.26. The molecule has 0 atom stereocenters. The average molecular weight is 319 g/mol. The minimum absolute atomic E-state index is 0.664. The predicted octanol–water partition coefficient (Wildman–Crippen LogP) is 4.25. The number of hydrogen-bond donors (Lipinski definition) is 0. The highest BCUT2D eigenvalue weighted by molar-refractivity contribution is 5.56. The summed E-state index contributed by atoms with van der Waals surface area (Å²) in [7, 11) is 0. The molecule has 0 radical (unpaired) electrons. The van der Waals surface area contributed by atoms with Gasteiger partial charge in [-0.1, -0.05) is 54.5 Å². The molecular formula is C20H21N3O. The topological polar surface area (TPSA) is 42.2 Å². The van der Waals surface area contributed by atoms with Crippen LogP contribution in [0.1, 0.15) is 30.4 Å². The molecule has 1 aliphatic heterocycles. The van der Waals surface area contributed by atoms with Gasteiger partial charge < -0.3 is 9.42 Å². The number of aromatic nitrogens is 2. The van der Waals surface area contributed by atoms with Crippen LogP contribution in [0.3, 0.4) is 0 Å². The number of benzene rings is 2. The summed E-state index contributed by atoms with van der Waals surface area (Å²) in [4.78, 5) is 6.91. The third-order valence-electron chi connectivity index (χ3n) is 4.62. The van der Waals surface area contributed by atoms with Gasteiger partial charge in [-0.05, 0) is 36.5 Å². The Balaban J connectivity index is 1.53. The molecule has 4 heteroatoms. The molecule has 0 unspecified atom stereocenters. The Morgan fingerprint density at radius 3 is 2.75 bits per heavy atom. The van der Waals surface area contributed by atoms with E-state index in [-0.39, 0.29) is 0 Å². The van der Waals surface area contributed by atoms with Crippen LogP contribution in [0.4, 0.5) is 5.69 Å². The SMILES string of the molecule is CCc1ccc(-c2noc(CN3CCCc4ccccc43)n2)cc1. The highest BCUT2D eigenvalue weighted by Crippen LogP contribution is 2.28. The van der Waals surface area contributed by atoms with Crippen molar-refractivity contribution in [2.45, 2.75) is 32.7 Å². The number of fused-ring (bicyclic) bond motifs is 1. The van der Waals surface area contributed by atoms with E-state index < -0.39 is 0 Å². The monoisotopic (exact) mass is 319 g/mol. The lowest BCUT2D eigenvalue weighted by atomic mass is 10.0. The van der Waals surface area contributed by atoms with Gasteiger partial charge in [0.05, 0.1) is 6.54 Å². The quantitative estimate of drug-likeness (QED) is 0.721. The van der Waals surface area contributed by atoms with E-state index in [0.29, 0.717) is 18.3 Å². The van der Waals surface area contributed by atoms with Crippen LogP contribution >= 0.6 is 0 Å². The molecule has 24 heavy (non-hydrogen) atoms. The number of nitrogens with zero attached hydrogens (tertiary/aromatic N) is 3. The van der Waals surface area contributed by atoms with Crippen LogP contribution in [0.5, 0.6) is 0 Å². The van der Waals surface area contributed by atoms with E-state index in [1.165, 1.54) is 16.8 Å². The van der Waals surface area contributed by atoms with Crippen molar-refractivity contribution in [3.8, 4) is 11.4 Å². The van der Waals surface area contributed by atoms with Crippen LogP contribution in [0.15, 0.2) is 53.1 Å². The van der Waals surface area contributed by atoms with Crippen LogP contribution in [-0.4, -0.2) is 16.7 Å². The average Bonchev–Trinajstić information content (AvgIpc) is 3.11. The molecule has 0 saturated carbocycles. The first-order chi connectivity index (χ1) is 11.8. The number of aryl methyl sites for hydroxylation is 2. The number of para-hydroxylation sites is 1. The fraction of sp³-hybridized carbons (Fsp3) is 0.300. The summed E-state index contributed by atoms with van der Waals surface area (Å²) in [6, 6.07) is 16.9. The molecule has 0 amide bonds. The Morgan fingerprint density at radius 1 is 1.08 bits per heavy atom. The van der Waals surface area contributed by atoms with E-state index in [2.05, 4.69) is 70.5 Å². The summed E-state index contributed by atoms with van der Waals surface area (Å²) in [5.41, 5.74) is 5.00. The zero-order valence-electron chi connectivity index (χ0n) is 13.9. The maximum absolute atomic E-state index is 5.49. The van der Waals surface area contributed by atoms with Gasteiger partial charge >= 0.3 is 0 Å². The van der Waals surface area contributed by atoms with Crippen molar-refractivity contribution in [3.05, 3.63) is 65.5 Å². The molecule has 4 nitrogen and oxygen atoms in total. The minimum atomic E-state index is 0.664. The lowest BCUT2D eigenvalue weighted by Gasteiger charge is -2.29. The van der Waals surface area contributed by atoms with Crippen molar-refractivity contribution in [3.63, 3.8) is 0 Å². The van der Waals surface area contributed by atoms with E-state index in [4.69, 9.17) is 4.52 Å². The highest BCUT2D eigenvalue weighted by Gasteiger charge is 2.19. The van der Waals surface area contributed by atoms with E-state index in [1.54, 1.807) is 0 Å².